The van der Waals surface area contributed by atoms with Crippen LogP contribution in [0.15, 0.2) is 92.3 Å². The van der Waals surface area contributed by atoms with Crippen molar-refractivity contribution in [2.45, 2.75) is 33.4 Å². The van der Waals surface area contributed by atoms with E-state index in [0.717, 1.165) is 16.7 Å². The van der Waals surface area contributed by atoms with E-state index >= 15 is 0 Å². The van der Waals surface area contributed by atoms with Gasteiger partial charge in [-0.25, -0.2) is 9.79 Å². The Morgan fingerprint density at radius 1 is 1.05 bits per heavy atom. The zero-order valence-corrected chi connectivity index (χ0v) is 26.7. The van der Waals surface area contributed by atoms with Crippen molar-refractivity contribution in [2.24, 2.45) is 4.99 Å². The molecule has 2 heterocycles. The molecule has 5 rings (SSSR count). The van der Waals surface area contributed by atoms with Crippen LogP contribution in [0, 0.1) is 0 Å². The predicted octanol–water partition coefficient (Wildman–Crippen LogP) is 5.55. The van der Waals surface area contributed by atoms with Gasteiger partial charge in [0.25, 0.3) is 5.56 Å². The third-order valence-corrected chi connectivity index (χ3v) is 8.38. The molecule has 1 atom stereocenters. The maximum absolute atomic E-state index is 14.0. The fourth-order valence-electron chi connectivity index (χ4n) is 4.85. The molecule has 43 heavy (non-hydrogen) atoms. The average molecular weight is 664 g/mol. The number of fused-ring (bicyclic) bond motifs is 1. The number of hydrogen-bond acceptors (Lipinski definition) is 8. The molecule has 1 aliphatic rings. The maximum Gasteiger partial charge on any atom is 0.338 e. The molecule has 10 heteroatoms. The van der Waals surface area contributed by atoms with Crippen LogP contribution in [0.25, 0.3) is 6.08 Å². The van der Waals surface area contributed by atoms with Gasteiger partial charge >= 0.3 is 5.97 Å². The van der Waals surface area contributed by atoms with Crippen LogP contribution < -0.4 is 29.1 Å². The van der Waals surface area contributed by atoms with E-state index in [0.29, 0.717) is 55.5 Å². The zero-order valence-electron chi connectivity index (χ0n) is 24.3. The summed E-state index contributed by atoms with van der Waals surface area (Å²) in [7, 11) is 1.59. The summed E-state index contributed by atoms with van der Waals surface area (Å²) in [6, 6.07) is 20.2. The van der Waals surface area contributed by atoms with Crippen molar-refractivity contribution in [3.63, 3.8) is 0 Å². The third-order valence-electron chi connectivity index (χ3n) is 6.80. The monoisotopic (exact) mass is 662 g/mol. The van der Waals surface area contributed by atoms with Crippen LogP contribution in [-0.2, 0) is 16.1 Å². The summed E-state index contributed by atoms with van der Waals surface area (Å²) in [5.41, 5.74) is 3.09. The number of aromatic nitrogens is 1. The van der Waals surface area contributed by atoms with Gasteiger partial charge in [0.2, 0.25) is 0 Å². The molecule has 0 bridgehead atoms. The highest BCUT2D eigenvalue weighted by Gasteiger charge is 2.33. The van der Waals surface area contributed by atoms with Gasteiger partial charge in [-0.15, -0.1) is 0 Å². The number of rotatable bonds is 10. The lowest BCUT2D eigenvalue weighted by atomic mass is 9.96. The van der Waals surface area contributed by atoms with E-state index in [4.69, 9.17) is 18.9 Å². The van der Waals surface area contributed by atoms with Crippen molar-refractivity contribution in [1.29, 1.82) is 0 Å². The summed E-state index contributed by atoms with van der Waals surface area (Å²) in [6.07, 6.45) is 1.80. The van der Waals surface area contributed by atoms with Crippen LogP contribution in [-0.4, -0.2) is 30.9 Å². The number of thiazole rings is 1. The normalized spacial score (nSPS) is 14.6. The van der Waals surface area contributed by atoms with Crippen LogP contribution in [0.4, 0.5) is 0 Å². The molecule has 1 aliphatic heterocycles. The molecule has 0 radical (unpaired) electrons. The van der Waals surface area contributed by atoms with Gasteiger partial charge in [-0.05, 0) is 83.7 Å². The van der Waals surface area contributed by atoms with Crippen LogP contribution in [0.5, 0.6) is 17.2 Å². The van der Waals surface area contributed by atoms with Gasteiger partial charge in [0.15, 0.2) is 16.3 Å². The maximum atomic E-state index is 14.0. The van der Waals surface area contributed by atoms with Crippen LogP contribution in [0.3, 0.4) is 0 Å². The van der Waals surface area contributed by atoms with E-state index < -0.39 is 12.0 Å². The molecular formula is C33H31BrN2O6S. The Morgan fingerprint density at radius 3 is 2.47 bits per heavy atom. The molecule has 0 N–H and O–H groups in total. The second-order valence-corrected chi connectivity index (χ2v) is 11.5. The number of esters is 1. The molecule has 0 aliphatic carbocycles. The number of ether oxygens (including phenoxy) is 4. The SMILES string of the molecule is CCOC(=O)C1=C(C)N=c2s/c(=C\c3cc(Br)c(OCc4ccccc4)c(OCC)c3)c(=O)n2[C@@H]1c1ccc(OC)cc1. The number of nitrogens with zero attached hydrogens (tertiary/aromatic N) is 2. The van der Waals surface area contributed by atoms with Gasteiger partial charge in [0, 0.05) is 0 Å². The fourth-order valence-corrected chi connectivity index (χ4v) is 6.47. The van der Waals surface area contributed by atoms with Crippen LogP contribution in [0.2, 0.25) is 0 Å². The molecule has 0 saturated heterocycles. The Hall–Kier alpha value is -4.15. The van der Waals surface area contributed by atoms with Crippen molar-refractivity contribution in [2.75, 3.05) is 20.3 Å². The largest absolute Gasteiger partial charge is 0.497 e. The lowest BCUT2D eigenvalue weighted by Gasteiger charge is -2.24. The first-order chi connectivity index (χ1) is 20.8. The first kappa shape index (κ1) is 30.3. The molecule has 1 aromatic heterocycles. The van der Waals surface area contributed by atoms with Gasteiger partial charge in [-0.1, -0.05) is 53.8 Å². The summed E-state index contributed by atoms with van der Waals surface area (Å²) < 4.78 is 25.5. The highest BCUT2D eigenvalue weighted by molar-refractivity contribution is 9.10. The quantitative estimate of drug-likeness (QED) is 0.207. The minimum Gasteiger partial charge on any atom is -0.497 e. The second-order valence-electron chi connectivity index (χ2n) is 9.61. The Balaban J connectivity index is 1.59. The number of carbonyl (C=O) groups is 1. The number of methoxy groups -OCH3 is 1. The van der Waals surface area contributed by atoms with Gasteiger partial charge in [0.05, 0.1) is 46.6 Å². The molecule has 0 unspecified atom stereocenters. The average Bonchev–Trinajstić information content (AvgIpc) is 3.30. The molecule has 0 spiro atoms. The second kappa shape index (κ2) is 13.4. The Labute approximate surface area is 261 Å². The summed E-state index contributed by atoms with van der Waals surface area (Å²) in [5.74, 6) is 1.30. The zero-order chi connectivity index (χ0) is 30.5. The van der Waals surface area contributed by atoms with E-state index in [2.05, 4.69) is 20.9 Å². The van der Waals surface area contributed by atoms with E-state index in [9.17, 15) is 9.59 Å². The van der Waals surface area contributed by atoms with Gasteiger partial charge < -0.3 is 18.9 Å². The summed E-state index contributed by atoms with van der Waals surface area (Å²) in [5, 5.41) is 0. The highest BCUT2D eigenvalue weighted by atomic mass is 79.9. The molecular weight excluding hydrogens is 632 g/mol. The molecule has 0 saturated carbocycles. The molecule has 0 fully saturated rings. The van der Waals surface area contributed by atoms with Crippen LogP contribution >= 0.6 is 27.3 Å². The molecule has 4 aromatic rings. The third kappa shape index (κ3) is 6.45. The highest BCUT2D eigenvalue weighted by Crippen LogP contribution is 2.38. The van der Waals surface area contributed by atoms with Crippen molar-refractivity contribution in [1.82, 2.24) is 4.57 Å². The van der Waals surface area contributed by atoms with Crippen molar-refractivity contribution in [3.8, 4) is 17.2 Å². The smallest absolute Gasteiger partial charge is 0.338 e. The molecule has 3 aromatic carbocycles. The van der Waals surface area contributed by atoms with E-state index in [-0.39, 0.29) is 12.2 Å². The summed E-state index contributed by atoms with van der Waals surface area (Å²) in [6.45, 7) is 6.44. The minimum absolute atomic E-state index is 0.206. The number of hydrogen-bond donors (Lipinski definition) is 0. The van der Waals surface area contributed by atoms with Crippen molar-refractivity contribution >= 4 is 39.3 Å². The van der Waals surface area contributed by atoms with E-state index in [1.54, 1.807) is 43.7 Å². The van der Waals surface area contributed by atoms with Crippen molar-refractivity contribution < 1.29 is 23.7 Å². The van der Waals surface area contributed by atoms with E-state index in [1.165, 1.54) is 11.3 Å². The first-order valence-electron chi connectivity index (χ1n) is 13.8. The van der Waals surface area contributed by atoms with Gasteiger partial charge in [-0.2, -0.15) is 0 Å². The summed E-state index contributed by atoms with van der Waals surface area (Å²) >= 11 is 4.90. The molecule has 0 amide bonds. The predicted molar refractivity (Wildman–Crippen MR) is 169 cm³/mol. The van der Waals surface area contributed by atoms with E-state index in [1.807, 2.05) is 61.5 Å². The number of benzene rings is 3. The van der Waals surface area contributed by atoms with Crippen LogP contribution in [0.1, 0.15) is 43.5 Å². The summed E-state index contributed by atoms with van der Waals surface area (Å²) in [4.78, 5) is 32.3. The Morgan fingerprint density at radius 2 is 1.79 bits per heavy atom. The van der Waals surface area contributed by atoms with Gasteiger partial charge in [-0.3, -0.25) is 9.36 Å². The lowest BCUT2D eigenvalue weighted by Crippen LogP contribution is -2.39. The van der Waals surface area contributed by atoms with Gasteiger partial charge in [0.1, 0.15) is 12.4 Å². The minimum atomic E-state index is -0.706. The lowest BCUT2D eigenvalue weighted by molar-refractivity contribution is -0.139. The standard InChI is InChI=1S/C33H31BrN2O6S/c1-5-40-26-17-22(16-25(34)30(26)42-19-21-10-8-7-9-11-21)18-27-31(37)36-29(23-12-14-24(39-4)15-13-23)28(32(38)41-6-2)20(3)35-33(36)43-27/h7-18,29H,5-6,19H2,1-4H3/b27-18-/t29-/m1/s1. The Bertz CT molecular complexity index is 1850. The fraction of sp³-hybridized carbons (Fsp3) is 0.242. The topological polar surface area (TPSA) is 88.4 Å². The number of halogens is 1. The number of carbonyl (C=O) groups excluding carboxylic acids is 1. The number of allylic oxidation sites excluding steroid dienone is 1. The Kier molecular flexibility index (Phi) is 9.47. The molecule has 222 valence electrons. The van der Waals surface area contributed by atoms with Crippen molar-refractivity contribution in [3.05, 3.63) is 119 Å². The molecule has 8 nitrogen and oxygen atoms in total. The first-order valence-corrected chi connectivity index (χ1v) is 15.4.